The molecule has 2 aromatic rings. The Balaban J connectivity index is 1.60. The van der Waals surface area contributed by atoms with E-state index >= 15 is 0 Å². The number of esters is 1. The van der Waals surface area contributed by atoms with E-state index in [1.54, 1.807) is 12.1 Å². The average molecular weight is 386 g/mol. The number of anilines is 1. The third-order valence-electron chi connectivity index (χ3n) is 5.25. The van der Waals surface area contributed by atoms with E-state index in [-0.39, 0.29) is 18.5 Å². The van der Waals surface area contributed by atoms with Gasteiger partial charge in [-0.25, -0.2) is 0 Å². The van der Waals surface area contributed by atoms with Crippen molar-refractivity contribution >= 4 is 29.2 Å². The van der Waals surface area contributed by atoms with E-state index in [0.29, 0.717) is 10.9 Å². The molecule has 27 heavy (non-hydrogen) atoms. The Hall–Kier alpha value is -2.33. The Morgan fingerprint density at radius 3 is 2.44 bits per heavy atom. The number of halogens is 1. The Labute approximate surface area is 164 Å². The quantitative estimate of drug-likeness (QED) is 0.677. The molecule has 1 aliphatic rings. The van der Waals surface area contributed by atoms with Crippen LogP contribution in [-0.2, 0) is 19.7 Å². The number of ether oxygens (including phenoxy) is 1. The van der Waals surface area contributed by atoms with Gasteiger partial charge in [-0.3, -0.25) is 9.59 Å². The number of para-hydroxylation sites is 1. The molecule has 1 aliphatic carbocycles. The predicted octanol–water partition coefficient (Wildman–Crippen LogP) is 5.07. The Morgan fingerprint density at radius 1 is 1.15 bits per heavy atom. The number of benzene rings is 2. The maximum Gasteiger partial charge on any atom is 0.317 e. The van der Waals surface area contributed by atoms with E-state index in [9.17, 15) is 9.59 Å². The standard InChI is InChI=1S/C22H24ClNO3/c1-3-15(2)18-6-4-5-7-19(18)24-20(25)14-27-21(26)22(12-13-22)16-8-10-17(23)11-9-16/h4-11,15H,3,12-14H2,1-2H3,(H,24,25)/t15-/m0/s1. The molecule has 3 rings (SSSR count). The lowest BCUT2D eigenvalue weighted by Crippen LogP contribution is -2.28. The van der Waals surface area contributed by atoms with Crippen molar-refractivity contribution in [1.82, 2.24) is 0 Å². The summed E-state index contributed by atoms with van der Waals surface area (Å²) in [6, 6.07) is 14.9. The molecular weight excluding hydrogens is 362 g/mol. The molecule has 1 amide bonds. The number of nitrogens with one attached hydrogen (secondary N) is 1. The molecule has 0 aromatic heterocycles. The summed E-state index contributed by atoms with van der Waals surface area (Å²) in [5, 5.41) is 3.49. The van der Waals surface area contributed by atoms with Crippen LogP contribution in [0.1, 0.15) is 50.2 Å². The van der Waals surface area contributed by atoms with Gasteiger partial charge in [-0.15, -0.1) is 0 Å². The lowest BCUT2D eigenvalue weighted by Gasteiger charge is -2.17. The minimum Gasteiger partial charge on any atom is -0.455 e. The van der Waals surface area contributed by atoms with E-state index < -0.39 is 5.41 Å². The number of rotatable bonds is 7. The molecule has 0 spiro atoms. The first kappa shape index (κ1) is 19.4. The fraction of sp³-hybridized carbons (Fsp3) is 0.364. The summed E-state index contributed by atoms with van der Waals surface area (Å²) in [6.07, 6.45) is 2.43. The number of carbonyl (C=O) groups is 2. The molecule has 1 fully saturated rings. The van der Waals surface area contributed by atoms with E-state index in [2.05, 4.69) is 19.2 Å². The van der Waals surface area contributed by atoms with Gasteiger partial charge in [0.05, 0.1) is 5.41 Å². The van der Waals surface area contributed by atoms with Gasteiger partial charge < -0.3 is 10.1 Å². The first-order valence-electron chi connectivity index (χ1n) is 9.28. The SMILES string of the molecule is CC[C@H](C)c1ccccc1NC(=O)COC(=O)C1(c2ccc(Cl)cc2)CC1. The summed E-state index contributed by atoms with van der Waals surface area (Å²) in [6.45, 7) is 3.94. The molecule has 2 aromatic carbocycles. The Kier molecular flexibility index (Phi) is 5.85. The molecule has 142 valence electrons. The number of amides is 1. The number of hydrogen-bond acceptors (Lipinski definition) is 3. The summed E-state index contributed by atoms with van der Waals surface area (Å²) in [5.41, 5.74) is 2.12. The van der Waals surface area contributed by atoms with E-state index in [0.717, 1.165) is 36.1 Å². The van der Waals surface area contributed by atoms with Crippen LogP contribution in [0.3, 0.4) is 0 Å². The van der Waals surface area contributed by atoms with Crippen LogP contribution >= 0.6 is 11.6 Å². The molecule has 0 radical (unpaired) electrons. The second-order valence-corrected chi connectivity index (χ2v) is 7.55. The molecule has 0 unspecified atom stereocenters. The summed E-state index contributed by atoms with van der Waals surface area (Å²) < 4.78 is 5.33. The summed E-state index contributed by atoms with van der Waals surface area (Å²) in [7, 11) is 0. The van der Waals surface area contributed by atoms with Crippen molar-refractivity contribution in [2.45, 2.75) is 44.4 Å². The van der Waals surface area contributed by atoms with Gasteiger partial charge in [0.1, 0.15) is 0 Å². The van der Waals surface area contributed by atoms with Crippen LogP contribution in [0, 0.1) is 0 Å². The van der Waals surface area contributed by atoms with Crippen LogP contribution in [-0.4, -0.2) is 18.5 Å². The Morgan fingerprint density at radius 2 is 1.81 bits per heavy atom. The van der Waals surface area contributed by atoms with Crippen LogP contribution in [0.5, 0.6) is 0 Å². The molecule has 4 nitrogen and oxygen atoms in total. The fourth-order valence-corrected chi connectivity index (χ4v) is 3.35. The van der Waals surface area contributed by atoms with E-state index in [1.807, 2.05) is 36.4 Å². The second-order valence-electron chi connectivity index (χ2n) is 7.11. The molecule has 1 N–H and O–H groups in total. The van der Waals surface area contributed by atoms with Gasteiger partial charge >= 0.3 is 5.97 Å². The highest BCUT2D eigenvalue weighted by atomic mass is 35.5. The number of hydrogen-bond donors (Lipinski definition) is 1. The van der Waals surface area contributed by atoms with Crippen molar-refractivity contribution in [3.8, 4) is 0 Å². The third kappa shape index (κ3) is 4.33. The van der Waals surface area contributed by atoms with E-state index in [4.69, 9.17) is 16.3 Å². The molecule has 1 atom stereocenters. The maximum absolute atomic E-state index is 12.6. The van der Waals surface area contributed by atoms with Crippen molar-refractivity contribution in [2.75, 3.05) is 11.9 Å². The maximum atomic E-state index is 12.6. The summed E-state index contributed by atoms with van der Waals surface area (Å²) in [5.74, 6) is -0.343. The highest BCUT2D eigenvalue weighted by Crippen LogP contribution is 2.49. The second kappa shape index (κ2) is 8.13. The van der Waals surface area contributed by atoms with Gasteiger partial charge in [-0.2, -0.15) is 0 Å². The van der Waals surface area contributed by atoms with Gasteiger partial charge in [0.25, 0.3) is 5.91 Å². The minimum atomic E-state index is -0.625. The molecule has 0 saturated heterocycles. The zero-order valence-corrected chi connectivity index (χ0v) is 16.4. The molecular formula is C22H24ClNO3. The van der Waals surface area contributed by atoms with Gasteiger partial charge in [0.2, 0.25) is 0 Å². The van der Waals surface area contributed by atoms with Gasteiger partial charge in [0.15, 0.2) is 6.61 Å². The first-order chi connectivity index (χ1) is 13.0. The topological polar surface area (TPSA) is 55.4 Å². The van der Waals surface area contributed by atoms with Crippen LogP contribution in [0.2, 0.25) is 5.02 Å². The van der Waals surface area contributed by atoms with Crippen molar-refractivity contribution in [2.24, 2.45) is 0 Å². The van der Waals surface area contributed by atoms with Gasteiger partial charge in [-0.1, -0.05) is 55.8 Å². The van der Waals surface area contributed by atoms with Crippen molar-refractivity contribution in [3.05, 3.63) is 64.7 Å². The van der Waals surface area contributed by atoms with Crippen LogP contribution in [0.25, 0.3) is 0 Å². The molecule has 1 saturated carbocycles. The zero-order valence-electron chi connectivity index (χ0n) is 15.6. The molecule has 0 bridgehead atoms. The summed E-state index contributed by atoms with van der Waals surface area (Å²) >= 11 is 5.92. The first-order valence-corrected chi connectivity index (χ1v) is 9.66. The van der Waals surface area contributed by atoms with Gasteiger partial charge in [-0.05, 0) is 54.5 Å². The zero-order chi connectivity index (χ0) is 19.4. The molecule has 0 heterocycles. The fourth-order valence-electron chi connectivity index (χ4n) is 3.22. The van der Waals surface area contributed by atoms with Crippen LogP contribution in [0.4, 0.5) is 5.69 Å². The molecule has 5 heteroatoms. The Bertz CT molecular complexity index is 828. The minimum absolute atomic E-state index is 0.289. The van der Waals surface area contributed by atoms with Crippen molar-refractivity contribution in [3.63, 3.8) is 0 Å². The molecule has 0 aliphatic heterocycles. The lowest BCUT2D eigenvalue weighted by atomic mass is 9.96. The summed E-state index contributed by atoms with van der Waals surface area (Å²) in [4.78, 5) is 24.9. The van der Waals surface area contributed by atoms with Crippen molar-refractivity contribution < 1.29 is 14.3 Å². The van der Waals surface area contributed by atoms with Gasteiger partial charge in [0, 0.05) is 10.7 Å². The monoisotopic (exact) mass is 385 g/mol. The number of carbonyl (C=O) groups excluding carboxylic acids is 2. The predicted molar refractivity (Wildman–Crippen MR) is 107 cm³/mol. The van der Waals surface area contributed by atoms with E-state index in [1.165, 1.54) is 0 Å². The van der Waals surface area contributed by atoms with Crippen LogP contribution < -0.4 is 5.32 Å². The lowest BCUT2D eigenvalue weighted by molar-refractivity contribution is -0.150. The van der Waals surface area contributed by atoms with Crippen molar-refractivity contribution in [1.29, 1.82) is 0 Å². The average Bonchev–Trinajstić information content (AvgIpc) is 3.48. The highest BCUT2D eigenvalue weighted by Gasteiger charge is 2.52. The normalized spacial score (nSPS) is 15.7. The highest BCUT2D eigenvalue weighted by molar-refractivity contribution is 6.30. The van der Waals surface area contributed by atoms with Crippen LogP contribution in [0.15, 0.2) is 48.5 Å². The smallest absolute Gasteiger partial charge is 0.317 e. The largest absolute Gasteiger partial charge is 0.455 e. The third-order valence-corrected chi connectivity index (χ3v) is 5.50.